The van der Waals surface area contributed by atoms with E-state index in [1.807, 2.05) is 0 Å². The van der Waals surface area contributed by atoms with Gasteiger partial charge >= 0.3 is 0 Å². The van der Waals surface area contributed by atoms with Crippen molar-refractivity contribution < 1.29 is 42.3 Å². The molecule has 5 heteroatoms. The summed E-state index contributed by atoms with van der Waals surface area (Å²) in [6, 6.07) is 0. The van der Waals surface area contributed by atoms with E-state index < -0.39 is 0 Å². The molecule has 1 aliphatic heterocycles. The molecule has 0 spiro atoms. The van der Waals surface area contributed by atoms with E-state index in [-0.39, 0.29) is 39.1 Å². The van der Waals surface area contributed by atoms with Crippen molar-refractivity contribution in [3.8, 4) is 0 Å². The van der Waals surface area contributed by atoms with E-state index in [0.29, 0.717) is 0 Å². The number of nitrogens with zero attached hydrogens (tertiary/aromatic N) is 1. The Labute approximate surface area is 111 Å². The molecule has 0 unspecified atom stereocenters. The maximum atomic E-state index is 9.03. The largest absolute Gasteiger partial charge is 0.464 e. The van der Waals surface area contributed by atoms with Gasteiger partial charge in [0.15, 0.2) is 0 Å². The number of hydrogen-bond donors (Lipinski definition) is 1. The number of carbonyl (C=O) groups is 1. The Morgan fingerprint density at radius 2 is 1.93 bits per heavy atom. The summed E-state index contributed by atoms with van der Waals surface area (Å²) in [4.78, 5) is 20.4. The van der Waals surface area contributed by atoms with Crippen LogP contribution in [0.25, 0.3) is 0 Å². The maximum Gasteiger partial charge on any atom is 0.0711 e. The van der Waals surface area contributed by atoms with Gasteiger partial charge in [-0.15, -0.1) is 0 Å². The number of imide groups is 1. The molecule has 0 atom stereocenters. The summed E-state index contributed by atoms with van der Waals surface area (Å²) in [5.41, 5.74) is 0. The van der Waals surface area contributed by atoms with Gasteiger partial charge in [0.2, 0.25) is 0 Å². The van der Waals surface area contributed by atoms with Crippen LogP contribution in [0.5, 0.6) is 0 Å². The van der Waals surface area contributed by atoms with Crippen molar-refractivity contribution in [1.29, 1.82) is 0 Å². The molecule has 0 bridgehead atoms. The van der Waals surface area contributed by atoms with Gasteiger partial charge in [0.05, 0.1) is 12.8 Å². The Bertz CT molecular complexity index is 132. The summed E-state index contributed by atoms with van der Waals surface area (Å²) in [6.07, 6.45) is 4.04. The minimum Gasteiger partial charge on any atom is -0.464 e. The zero-order valence-electron chi connectivity index (χ0n) is 8.75. The van der Waals surface area contributed by atoms with E-state index >= 15 is 0 Å². The van der Waals surface area contributed by atoms with Crippen LogP contribution >= 0.6 is 0 Å². The number of hydrogen-bond acceptors (Lipinski definition) is 3. The second-order valence-electron chi connectivity index (χ2n) is 3.12. The van der Waals surface area contributed by atoms with Gasteiger partial charge in [0, 0.05) is 32.7 Å². The van der Waals surface area contributed by atoms with Crippen LogP contribution < -0.4 is 5.32 Å². The molecule has 1 rings (SSSR count). The van der Waals surface area contributed by atoms with Crippen molar-refractivity contribution in [1.82, 2.24) is 10.2 Å². The third-order valence-corrected chi connectivity index (χ3v) is 1.96. The molecule has 0 saturated carbocycles. The molecule has 1 aliphatic rings. The molecule has 0 aromatic rings. The fourth-order valence-corrected chi connectivity index (χ4v) is 1.02. The van der Waals surface area contributed by atoms with Crippen LogP contribution in [0.3, 0.4) is 0 Å². The average Bonchev–Trinajstić information content (AvgIpc) is 2.13. The number of likely N-dealkylation sites (tertiary alicyclic amines) is 1. The first-order valence-corrected chi connectivity index (χ1v) is 4.27. The van der Waals surface area contributed by atoms with E-state index in [9.17, 15) is 0 Å². The second kappa shape index (κ2) is 11.3. The van der Waals surface area contributed by atoms with E-state index in [2.05, 4.69) is 18.9 Å². The Morgan fingerprint density at radius 1 is 1.43 bits per heavy atom. The third-order valence-electron chi connectivity index (χ3n) is 1.96. The molecular weight excluding hydrogens is 257 g/mol. The number of amides is 2. The molecule has 4 nitrogen and oxygen atoms in total. The normalized spacial score (nSPS) is 17.0. The molecule has 0 aromatic heterocycles. The van der Waals surface area contributed by atoms with Crippen molar-refractivity contribution in [3.63, 3.8) is 0 Å². The number of piperidine rings is 1. The molecule has 0 aliphatic carbocycles. The zero-order valence-corrected chi connectivity index (χ0v) is 11.6. The predicted octanol–water partition coefficient (Wildman–Crippen LogP) is 0.103. The molecule has 79 valence electrons. The molecule has 1 saturated heterocycles. The fourth-order valence-electron chi connectivity index (χ4n) is 1.02. The Balaban J connectivity index is 0. The first-order valence-electron chi connectivity index (χ1n) is 4.27. The smallest absolute Gasteiger partial charge is 0.0711 e. The van der Waals surface area contributed by atoms with Crippen molar-refractivity contribution in [2.45, 2.75) is 19.8 Å². The Morgan fingerprint density at radius 3 is 2.14 bits per heavy atom. The summed E-state index contributed by atoms with van der Waals surface area (Å²) < 4.78 is 0. The fraction of sp³-hybridized carbons (Fsp3) is 0.667. The Hall–Kier alpha value is 0.204. The molecular formula is C9H16N2O2Y-2. The van der Waals surface area contributed by atoms with Crippen LogP contribution in [0, 0.1) is 5.92 Å². The van der Waals surface area contributed by atoms with Gasteiger partial charge in [0.1, 0.15) is 0 Å². The van der Waals surface area contributed by atoms with Crippen molar-refractivity contribution in [3.05, 3.63) is 5.92 Å². The van der Waals surface area contributed by atoms with Crippen molar-refractivity contribution >= 4 is 12.8 Å². The number of rotatable bonds is 2. The summed E-state index contributed by atoms with van der Waals surface area (Å²) in [7, 11) is 2.19. The molecule has 14 heavy (non-hydrogen) atoms. The molecule has 1 N–H and O–H groups in total. The minimum atomic E-state index is 0. The summed E-state index contributed by atoms with van der Waals surface area (Å²) >= 11 is 0. The van der Waals surface area contributed by atoms with E-state index in [4.69, 9.17) is 9.59 Å². The topological polar surface area (TPSA) is 49.4 Å². The van der Waals surface area contributed by atoms with Gasteiger partial charge in [-0.1, -0.05) is 0 Å². The molecule has 0 aromatic carbocycles. The Kier molecular flexibility index (Phi) is 13.4. The maximum absolute atomic E-state index is 9.03. The van der Waals surface area contributed by atoms with Crippen LogP contribution in [-0.2, 0) is 42.3 Å². The van der Waals surface area contributed by atoms with Crippen molar-refractivity contribution in [2.24, 2.45) is 0 Å². The first-order chi connectivity index (χ1) is 6.20. The van der Waals surface area contributed by atoms with Crippen LogP contribution in [0.1, 0.15) is 19.8 Å². The average molecular weight is 273 g/mol. The predicted molar refractivity (Wildman–Crippen MR) is 50.5 cm³/mol. The monoisotopic (exact) mass is 273 g/mol. The van der Waals surface area contributed by atoms with Gasteiger partial charge in [-0.2, -0.15) is 19.8 Å². The van der Waals surface area contributed by atoms with E-state index in [1.54, 1.807) is 11.2 Å². The van der Waals surface area contributed by atoms with Crippen molar-refractivity contribution in [2.75, 3.05) is 20.1 Å². The standard InChI is InChI=1S/C7H14N.C2H2NO2.Y/c1-7-3-5-8(2)6-4-7;4-1-3-2-5;/h3-6H2,1-2H3;1H,(H,3,4,5);/q2*-1;. The molecule has 1 heterocycles. The second-order valence-corrected chi connectivity index (χ2v) is 3.12. The van der Waals surface area contributed by atoms with Gasteiger partial charge in [0.25, 0.3) is 0 Å². The number of nitrogens with one attached hydrogen (secondary N) is 1. The van der Waals surface area contributed by atoms with Crippen LogP contribution in [0.15, 0.2) is 0 Å². The van der Waals surface area contributed by atoms with E-state index in [1.165, 1.54) is 25.9 Å². The summed E-state index contributed by atoms with van der Waals surface area (Å²) in [5, 5.41) is 1.62. The van der Waals surface area contributed by atoms with Crippen LogP contribution in [-0.4, -0.2) is 37.9 Å². The van der Waals surface area contributed by atoms with Crippen LogP contribution in [0.4, 0.5) is 0 Å². The quantitative estimate of drug-likeness (QED) is 0.441. The van der Waals surface area contributed by atoms with Gasteiger partial charge in [-0.3, -0.25) is 0 Å². The van der Waals surface area contributed by atoms with Gasteiger partial charge < -0.3 is 25.7 Å². The third kappa shape index (κ3) is 10.3. The zero-order chi connectivity index (χ0) is 10.1. The van der Waals surface area contributed by atoms with E-state index in [0.717, 1.165) is 6.41 Å². The SMILES string of the molecule is C[C-]1CCN(C)CC1.O=[C-]NC=O.[Y]. The summed E-state index contributed by atoms with van der Waals surface area (Å²) in [6.45, 7) is 4.80. The summed E-state index contributed by atoms with van der Waals surface area (Å²) in [5.74, 6) is 1.67. The molecule has 1 fully saturated rings. The first kappa shape index (κ1) is 16.6. The molecule has 1 radical (unpaired) electrons. The minimum absolute atomic E-state index is 0. The van der Waals surface area contributed by atoms with Gasteiger partial charge in [-0.05, 0) is 20.1 Å². The van der Waals surface area contributed by atoms with Crippen LogP contribution in [0.2, 0.25) is 0 Å². The van der Waals surface area contributed by atoms with Gasteiger partial charge in [-0.25, -0.2) is 0 Å². The molecule has 2 amide bonds. The number of carbonyl (C=O) groups excluding carboxylic acids is 2.